The zero-order valence-electron chi connectivity index (χ0n) is 19.6. The molecule has 0 aliphatic rings. The Hall–Kier alpha value is -3.97. The minimum Gasteiger partial charge on any atom is -0.493 e. The van der Waals surface area contributed by atoms with Gasteiger partial charge in [0, 0.05) is 12.4 Å². The summed E-state index contributed by atoms with van der Waals surface area (Å²) in [4.78, 5) is 25.1. The highest BCUT2D eigenvalue weighted by Gasteiger charge is 2.27. The van der Waals surface area contributed by atoms with Gasteiger partial charge in [-0.3, -0.25) is 14.7 Å². The molecule has 5 aromatic rings. The number of carbonyl (C=O) groups excluding carboxylic acids is 1. The molecule has 0 aliphatic carbocycles. The second kappa shape index (κ2) is 10.1. The van der Waals surface area contributed by atoms with Crippen LogP contribution in [0.4, 0.5) is 5.13 Å². The van der Waals surface area contributed by atoms with E-state index in [9.17, 15) is 4.79 Å². The fourth-order valence-corrected chi connectivity index (χ4v) is 5.06. The summed E-state index contributed by atoms with van der Waals surface area (Å²) in [6.07, 6.45) is 3.49. The molecule has 1 amide bonds. The Kier molecular flexibility index (Phi) is 6.59. The van der Waals surface area contributed by atoms with Gasteiger partial charge in [0.25, 0.3) is 5.91 Å². The summed E-state index contributed by atoms with van der Waals surface area (Å²) in [6, 6.07) is 21.4. The molecule has 3 aromatic carbocycles. The van der Waals surface area contributed by atoms with Crippen molar-refractivity contribution in [3.63, 3.8) is 0 Å². The van der Waals surface area contributed by atoms with E-state index in [1.807, 2.05) is 80.6 Å². The standard InChI is InChI=1S/C28H25N3O3S/c1-3-33-22-15-14-20-10-5-6-11-21(20)25(22)27(32)31(18-19-9-8-16-29-17-19)28-30-26-23(34-4-2)12-7-13-24(26)35-28/h5-17H,3-4,18H2,1-2H3. The van der Waals surface area contributed by atoms with E-state index in [-0.39, 0.29) is 5.91 Å². The average molecular weight is 484 g/mol. The van der Waals surface area contributed by atoms with Crippen LogP contribution in [0.2, 0.25) is 0 Å². The number of amides is 1. The van der Waals surface area contributed by atoms with Crippen molar-refractivity contribution in [2.75, 3.05) is 18.1 Å². The van der Waals surface area contributed by atoms with Crippen molar-refractivity contribution in [3.8, 4) is 11.5 Å². The summed E-state index contributed by atoms with van der Waals surface area (Å²) in [6.45, 7) is 5.18. The number of rotatable bonds is 8. The number of aromatic nitrogens is 2. The third kappa shape index (κ3) is 4.55. The minimum absolute atomic E-state index is 0.175. The highest BCUT2D eigenvalue weighted by Crippen LogP contribution is 2.37. The highest BCUT2D eigenvalue weighted by atomic mass is 32.1. The molecule has 0 radical (unpaired) electrons. The van der Waals surface area contributed by atoms with Crippen molar-refractivity contribution >= 4 is 43.4 Å². The Morgan fingerprint density at radius 3 is 2.54 bits per heavy atom. The molecule has 0 N–H and O–H groups in total. The van der Waals surface area contributed by atoms with Gasteiger partial charge in [0.15, 0.2) is 5.13 Å². The van der Waals surface area contributed by atoms with Gasteiger partial charge in [0.05, 0.1) is 30.0 Å². The SMILES string of the molecule is CCOc1ccc2ccccc2c1C(=O)N(Cc1cccnc1)c1nc2c(OCC)cccc2s1. The molecular formula is C28H25N3O3S. The number of para-hydroxylation sites is 1. The van der Waals surface area contributed by atoms with Gasteiger partial charge in [-0.05, 0) is 54.4 Å². The maximum atomic E-state index is 14.3. The van der Waals surface area contributed by atoms with E-state index in [2.05, 4.69) is 4.98 Å². The number of fused-ring (bicyclic) bond motifs is 2. The van der Waals surface area contributed by atoms with Crippen molar-refractivity contribution in [1.82, 2.24) is 9.97 Å². The van der Waals surface area contributed by atoms with Crippen LogP contribution in [-0.2, 0) is 6.54 Å². The van der Waals surface area contributed by atoms with Crippen LogP contribution in [0.1, 0.15) is 29.8 Å². The minimum atomic E-state index is -0.175. The maximum Gasteiger partial charge on any atom is 0.264 e. The summed E-state index contributed by atoms with van der Waals surface area (Å²) in [5, 5.41) is 2.41. The van der Waals surface area contributed by atoms with Crippen LogP contribution in [0.15, 0.2) is 79.1 Å². The first-order valence-electron chi connectivity index (χ1n) is 11.6. The normalized spacial score (nSPS) is 11.0. The molecule has 0 aliphatic heterocycles. The number of anilines is 1. The van der Waals surface area contributed by atoms with Crippen LogP contribution in [0, 0.1) is 0 Å². The van der Waals surface area contributed by atoms with Crippen LogP contribution in [0.25, 0.3) is 21.0 Å². The Bertz CT molecular complexity index is 1480. The molecule has 0 saturated carbocycles. The molecular weight excluding hydrogens is 458 g/mol. The number of ether oxygens (including phenoxy) is 2. The first kappa shape index (κ1) is 22.8. The van der Waals surface area contributed by atoms with Crippen molar-refractivity contribution in [3.05, 3.63) is 90.3 Å². The van der Waals surface area contributed by atoms with Gasteiger partial charge in [-0.15, -0.1) is 0 Å². The van der Waals surface area contributed by atoms with Crippen LogP contribution < -0.4 is 14.4 Å². The predicted molar refractivity (Wildman–Crippen MR) is 141 cm³/mol. The van der Waals surface area contributed by atoms with Crippen molar-refractivity contribution in [2.45, 2.75) is 20.4 Å². The molecule has 2 aromatic heterocycles. The van der Waals surface area contributed by atoms with Crippen molar-refractivity contribution < 1.29 is 14.3 Å². The average Bonchev–Trinajstić information content (AvgIpc) is 3.33. The van der Waals surface area contributed by atoms with Gasteiger partial charge < -0.3 is 9.47 Å². The summed E-state index contributed by atoms with van der Waals surface area (Å²) < 4.78 is 12.7. The number of carbonyl (C=O) groups is 1. The van der Waals surface area contributed by atoms with E-state index >= 15 is 0 Å². The van der Waals surface area contributed by atoms with Crippen LogP contribution in [0.3, 0.4) is 0 Å². The number of thiazole rings is 1. The monoisotopic (exact) mass is 483 g/mol. The van der Waals surface area contributed by atoms with Gasteiger partial charge in [-0.2, -0.15) is 0 Å². The molecule has 35 heavy (non-hydrogen) atoms. The number of hydrogen-bond acceptors (Lipinski definition) is 6. The number of benzene rings is 3. The molecule has 0 spiro atoms. The molecule has 5 rings (SSSR count). The van der Waals surface area contributed by atoms with E-state index < -0.39 is 0 Å². The number of hydrogen-bond donors (Lipinski definition) is 0. The predicted octanol–water partition coefficient (Wildman–Crippen LogP) is 6.49. The number of nitrogens with zero attached hydrogens (tertiary/aromatic N) is 3. The topological polar surface area (TPSA) is 64.5 Å². The summed E-state index contributed by atoms with van der Waals surface area (Å²) >= 11 is 1.47. The lowest BCUT2D eigenvalue weighted by atomic mass is 10.0. The van der Waals surface area contributed by atoms with E-state index in [0.29, 0.717) is 42.0 Å². The van der Waals surface area contributed by atoms with Gasteiger partial charge >= 0.3 is 0 Å². The smallest absolute Gasteiger partial charge is 0.264 e. The summed E-state index contributed by atoms with van der Waals surface area (Å²) in [5.41, 5.74) is 2.18. The summed E-state index contributed by atoms with van der Waals surface area (Å²) in [5.74, 6) is 1.09. The Balaban J connectivity index is 1.68. The van der Waals surface area contributed by atoms with E-state index in [4.69, 9.17) is 14.5 Å². The highest BCUT2D eigenvalue weighted by molar-refractivity contribution is 7.22. The third-order valence-corrected chi connectivity index (χ3v) is 6.66. The molecule has 2 heterocycles. The zero-order valence-corrected chi connectivity index (χ0v) is 20.4. The molecule has 0 fully saturated rings. The molecule has 0 bridgehead atoms. The molecule has 0 unspecified atom stereocenters. The lowest BCUT2D eigenvalue weighted by Crippen LogP contribution is -2.31. The van der Waals surface area contributed by atoms with E-state index in [1.165, 1.54) is 11.3 Å². The lowest BCUT2D eigenvalue weighted by molar-refractivity contribution is 0.0983. The fraction of sp³-hybridized carbons (Fsp3) is 0.179. The molecule has 7 heteroatoms. The van der Waals surface area contributed by atoms with Gasteiger partial charge in [0.1, 0.15) is 17.0 Å². The number of pyridine rings is 1. The summed E-state index contributed by atoms with van der Waals surface area (Å²) in [7, 11) is 0. The molecule has 0 saturated heterocycles. The first-order chi connectivity index (χ1) is 17.2. The lowest BCUT2D eigenvalue weighted by Gasteiger charge is -2.22. The van der Waals surface area contributed by atoms with Crippen LogP contribution in [-0.4, -0.2) is 29.1 Å². The van der Waals surface area contributed by atoms with Gasteiger partial charge in [-0.1, -0.05) is 53.8 Å². The Morgan fingerprint density at radius 1 is 0.914 bits per heavy atom. The van der Waals surface area contributed by atoms with E-state index in [0.717, 1.165) is 26.6 Å². The quantitative estimate of drug-likeness (QED) is 0.252. The second-order valence-corrected chi connectivity index (χ2v) is 8.89. The van der Waals surface area contributed by atoms with E-state index in [1.54, 1.807) is 17.3 Å². The fourth-order valence-electron chi connectivity index (χ4n) is 4.08. The van der Waals surface area contributed by atoms with Crippen LogP contribution >= 0.6 is 11.3 Å². The zero-order chi connectivity index (χ0) is 24.2. The third-order valence-electron chi connectivity index (χ3n) is 5.61. The molecule has 176 valence electrons. The molecule has 6 nitrogen and oxygen atoms in total. The maximum absolute atomic E-state index is 14.3. The largest absolute Gasteiger partial charge is 0.493 e. The van der Waals surface area contributed by atoms with Gasteiger partial charge in [-0.25, -0.2) is 4.98 Å². The van der Waals surface area contributed by atoms with Crippen molar-refractivity contribution in [1.29, 1.82) is 0 Å². The Labute approximate surface area is 207 Å². The first-order valence-corrected chi connectivity index (χ1v) is 12.4. The second-order valence-electron chi connectivity index (χ2n) is 7.88. The Morgan fingerprint density at radius 2 is 1.74 bits per heavy atom. The van der Waals surface area contributed by atoms with Crippen molar-refractivity contribution in [2.24, 2.45) is 0 Å². The van der Waals surface area contributed by atoms with Crippen LogP contribution in [0.5, 0.6) is 11.5 Å². The molecule has 0 atom stereocenters. The van der Waals surface area contributed by atoms with Gasteiger partial charge in [0.2, 0.25) is 0 Å².